The maximum absolute atomic E-state index is 12.2. The largest absolute Gasteiger partial charge is 0.454 e. The molecule has 2 aliphatic heterocycles. The molecule has 1 spiro atoms. The Kier molecular flexibility index (Phi) is 2.26. The number of benzene rings is 1. The minimum atomic E-state index is -0.285. The minimum Gasteiger partial charge on any atom is -0.454 e. The monoisotopic (exact) mass is 260 g/mol. The van der Waals surface area contributed by atoms with Gasteiger partial charge in [0.2, 0.25) is 12.7 Å². The van der Waals surface area contributed by atoms with Gasteiger partial charge in [-0.1, -0.05) is 6.07 Å². The Labute approximate surface area is 111 Å². The molecule has 19 heavy (non-hydrogen) atoms. The quantitative estimate of drug-likeness (QED) is 0.802. The van der Waals surface area contributed by atoms with E-state index in [1.54, 1.807) is 0 Å². The summed E-state index contributed by atoms with van der Waals surface area (Å²) in [6.07, 6.45) is 4.36. The zero-order chi connectivity index (χ0) is 12.9. The smallest absolute Gasteiger partial charge is 0.243 e. The SMILES string of the molecule is O=C1NC2(CCCC2)NC1c1ccc2c(c1)OCO2. The Hall–Kier alpha value is -1.75. The molecule has 1 amide bonds. The van der Waals surface area contributed by atoms with Crippen molar-refractivity contribution in [3.63, 3.8) is 0 Å². The van der Waals surface area contributed by atoms with Crippen LogP contribution in [0, 0.1) is 0 Å². The normalized spacial score (nSPS) is 26.9. The van der Waals surface area contributed by atoms with Crippen molar-refractivity contribution in [2.75, 3.05) is 6.79 Å². The highest BCUT2D eigenvalue weighted by molar-refractivity contribution is 5.86. The van der Waals surface area contributed by atoms with Gasteiger partial charge in [-0.05, 0) is 43.4 Å². The van der Waals surface area contributed by atoms with Crippen LogP contribution in [0.15, 0.2) is 18.2 Å². The van der Waals surface area contributed by atoms with Gasteiger partial charge in [0, 0.05) is 0 Å². The van der Waals surface area contributed by atoms with Crippen LogP contribution in [-0.4, -0.2) is 18.4 Å². The fourth-order valence-corrected chi connectivity index (χ4v) is 3.26. The Morgan fingerprint density at radius 3 is 2.79 bits per heavy atom. The molecule has 0 radical (unpaired) electrons. The van der Waals surface area contributed by atoms with Crippen molar-refractivity contribution < 1.29 is 14.3 Å². The standard InChI is InChI=1S/C14H16N2O3/c17-13-12(15-14(16-13)5-1-2-6-14)9-3-4-10-11(7-9)19-8-18-10/h3-4,7,12,15H,1-2,5-6,8H2,(H,16,17). The van der Waals surface area contributed by atoms with Crippen LogP contribution < -0.4 is 20.1 Å². The van der Waals surface area contributed by atoms with E-state index in [-0.39, 0.29) is 24.4 Å². The molecular weight excluding hydrogens is 244 g/mol. The van der Waals surface area contributed by atoms with Crippen molar-refractivity contribution >= 4 is 5.91 Å². The summed E-state index contributed by atoms with van der Waals surface area (Å²) in [6.45, 7) is 0.257. The molecule has 1 aromatic rings. The van der Waals surface area contributed by atoms with E-state index in [4.69, 9.17) is 9.47 Å². The molecule has 1 unspecified atom stereocenters. The first-order chi connectivity index (χ1) is 9.26. The number of nitrogens with one attached hydrogen (secondary N) is 2. The van der Waals surface area contributed by atoms with Crippen LogP contribution >= 0.6 is 0 Å². The second kappa shape index (κ2) is 3.87. The van der Waals surface area contributed by atoms with Crippen molar-refractivity contribution in [2.24, 2.45) is 0 Å². The Bertz CT molecular complexity index is 537. The van der Waals surface area contributed by atoms with Gasteiger partial charge in [0.25, 0.3) is 0 Å². The third-order valence-electron chi connectivity index (χ3n) is 4.23. The van der Waals surface area contributed by atoms with Crippen molar-refractivity contribution in [1.82, 2.24) is 10.6 Å². The van der Waals surface area contributed by atoms with E-state index >= 15 is 0 Å². The van der Waals surface area contributed by atoms with Crippen molar-refractivity contribution in [1.29, 1.82) is 0 Å². The molecule has 2 heterocycles. The molecule has 2 N–H and O–H groups in total. The summed E-state index contributed by atoms with van der Waals surface area (Å²) < 4.78 is 10.7. The third-order valence-corrected chi connectivity index (χ3v) is 4.23. The summed E-state index contributed by atoms with van der Waals surface area (Å²) in [5.41, 5.74) is 0.753. The minimum absolute atomic E-state index is 0.0563. The lowest BCUT2D eigenvalue weighted by Gasteiger charge is -2.23. The zero-order valence-corrected chi connectivity index (χ0v) is 10.6. The van der Waals surface area contributed by atoms with Gasteiger partial charge in [0.05, 0.1) is 5.66 Å². The van der Waals surface area contributed by atoms with E-state index in [1.165, 1.54) is 12.8 Å². The first kappa shape index (κ1) is 11.1. The third kappa shape index (κ3) is 1.69. The first-order valence-corrected chi connectivity index (χ1v) is 6.75. The maximum Gasteiger partial charge on any atom is 0.243 e. The number of rotatable bonds is 1. The van der Waals surface area contributed by atoms with E-state index in [1.807, 2.05) is 18.2 Å². The molecule has 3 aliphatic rings. The predicted octanol–water partition coefficient (Wildman–Crippen LogP) is 1.45. The van der Waals surface area contributed by atoms with E-state index < -0.39 is 0 Å². The van der Waals surface area contributed by atoms with Crippen LogP contribution in [-0.2, 0) is 4.79 Å². The van der Waals surface area contributed by atoms with Crippen LogP contribution in [0.25, 0.3) is 0 Å². The summed E-state index contributed by atoms with van der Waals surface area (Å²) in [5.74, 6) is 1.53. The molecule has 1 atom stereocenters. The summed E-state index contributed by atoms with van der Waals surface area (Å²) in [4.78, 5) is 12.2. The van der Waals surface area contributed by atoms with Gasteiger partial charge in [-0.2, -0.15) is 0 Å². The molecule has 100 valence electrons. The molecule has 1 aromatic carbocycles. The van der Waals surface area contributed by atoms with Crippen LogP contribution in [0.5, 0.6) is 11.5 Å². The van der Waals surface area contributed by atoms with E-state index in [0.29, 0.717) is 0 Å². The van der Waals surface area contributed by atoms with Crippen molar-refractivity contribution in [2.45, 2.75) is 37.4 Å². The highest BCUT2D eigenvalue weighted by Gasteiger charge is 2.45. The molecule has 1 saturated carbocycles. The topological polar surface area (TPSA) is 59.6 Å². The lowest BCUT2D eigenvalue weighted by atomic mass is 10.1. The molecule has 5 heteroatoms. The number of fused-ring (bicyclic) bond motifs is 1. The molecule has 0 bridgehead atoms. The van der Waals surface area contributed by atoms with Gasteiger partial charge in [0.15, 0.2) is 11.5 Å². The fraction of sp³-hybridized carbons (Fsp3) is 0.500. The molecule has 1 saturated heterocycles. The molecule has 2 fully saturated rings. The number of hydrogen-bond donors (Lipinski definition) is 2. The number of carbonyl (C=O) groups is 1. The molecule has 0 aromatic heterocycles. The van der Waals surface area contributed by atoms with E-state index in [9.17, 15) is 4.79 Å². The van der Waals surface area contributed by atoms with Gasteiger partial charge in [-0.25, -0.2) is 0 Å². The highest BCUT2D eigenvalue weighted by atomic mass is 16.7. The van der Waals surface area contributed by atoms with Crippen LogP contribution in [0.3, 0.4) is 0 Å². The fourth-order valence-electron chi connectivity index (χ4n) is 3.26. The summed E-state index contributed by atoms with van der Waals surface area (Å²) >= 11 is 0. The average molecular weight is 260 g/mol. The van der Waals surface area contributed by atoms with Crippen molar-refractivity contribution in [3.05, 3.63) is 23.8 Å². The first-order valence-electron chi connectivity index (χ1n) is 6.75. The molecule has 4 rings (SSSR count). The van der Waals surface area contributed by atoms with Crippen LogP contribution in [0.1, 0.15) is 37.3 Å². The molecular formula is C14H16N2O3. The second-order valence-corrected chi connectivity index (χ2v) is 5.47. The van der Waals surface area contributed by atoms with Gasteiger partial charge in [-0.15, -0.1) is 0 Å². The summed E-state index contributed by atoms with van der Waals surface area (Å²) in [5, 5.41) is 6.59. The van der Waals surface area contributed by atoms with Crippen LogP contribution in [0.4, 0.5) is 0 Å². The average Bonchev–Trinajstić information content (AvgIpc) is 3.10. The number of hydrogen-bond acceptors (Lipinski definition) is 4. The lowest BCUT2D eigenvalue weighted by Crippen LogP contribution is -2.46. The van der Waals surface area contributed by atoms with E-state index in [2.05, 4.69) is 10.6 Å². The number of carbonyl (C=O) groups excluding carboxylic acids is 1. The van der Waals surface area contributed by atoms with Gasteiger partial charge >= 0.3 is 0 Å². The van der Waals surface area contributed by atoms with E-state index in [0.717, 1.165) is 29.9 Å². The summed E-state index contributed by atoms with van der Waals surface area (Å²) in [7, 11) is 0. The Balaban J connectivity index is 1.64. The summed E-state index contributed by atoms with van der Waals surface area (Å²) in [6, 6.07) is 5.41. The number of amides is 1. The number of ether oxygens (including phenoxy) is 2. The predicted molar refractivity (Wildman–Crippen MR) is 67.8 cm³/mol. The Morgan fingerprint density at radius 1 is 1.16 bits per heavy atom. The van der Waals surface area contributed by atoms with Crippen LogP contribution in [0.2, 0.25) is 0 Å². The molecule has 1 aliphatic carbocycles. The van der Waals surface area contributed by atoms with Gasteiger partial charge < -0.3 is 14.8 Å². The maximum atomic E-state index is 12.2. The zero-order valence-electron chi connectivity index (χ0n) is 10.6. The lowest BCUT2D eigenvalue weighted by molar-refractivity contribution is -0.121. The second-order valence-electron chi connectivity index (χ2n) is 5.47. The van der Waals surface area contributed by atoms with Crippen molar-refractivity contribution in [3.8, 4) is 11.5 Å². The van der Waals surface area contributed by atoms with Gasteiger partial charge in [0.1, 0.15) is 6.04 Å². The van der Waals surface area contributed by atoms with Gasteiger partial charge in [-0.3, -0.25) is 10.1 Å². The molecule has 5 nitrogen and oxygen atoms in total. The highest BCUT2D eigenvalue weighted by Crippen LogP contribution is 2.38. The Morgan fingerprint density at radius 2 is 1.95 bits per heavy atom.